The molecule has 0 amide bonds. The van der Waals surface area contributed by atoms with E-state index in [4.69, 9.17) is 0 Å². The van der Waals surface area contributed by atoms with Crippen LogP contribution in [0.2, 0.25) is 0 Å². The third-order valence-electron chi connectivity index (χ3n) is 4.78. The Balaban J connectivity index is 0.00000120. The summed E-state index contributed by atoms with van der Waals surface area (Å²) in [7, 11) is 0. The number of nitrogens with zero attached hydrogens (tertiary/aromatic N) is 1. The molecule has 3 heteroatoms. The number of para-hydroxylation sites is 1. The van der Waals surface area contributed by atoms with Crippen molar-refractivity contribution in [3.8, 4) is 0 Å². The maximum absolute atomic E-state index is 3.58. The number of anilines is 3. The SMILES string of the molecule is [Li+].[Li+].[c-]1c(N(c2[c-]c3ccccc3cc2)c2ccccc2)ccc2ccccc12. The van der Waals surface area contributed by atoms with Crippen molar-refractivity contribution in [3.05, 3.63) is 115 Å². The van der Waals surface area contributed by atoms with Gasteiger partial charge in [-0.15, -0.1) is 82.2 Å². The Morgan fingerprint density at radius 2 is 0.897 bits per heavy atom. The molecule has 0 unspecified atom stereocenters. The molecule has 0 spiro atoms. The molecule has 0 aromatic heterocycles. The van der Waals surface area contributed by atoms with Crippen LogP contribution in [0.4, 0.5) is 17.1 Å². The molecule has 0 fully saturated rings. The fourth-order valence-electron chi connectivity index (χ4n) is 3.45. The van der Waals surface area contributed by atoms with Crippen molar-refractivity contribution < 1.29 is 37.7 Å². The van der Waals surface area contributed by atoms with Crippen LogP contribution in [0.1, 0.15) is 0 Å². The van der Waals surface area contributed by atoms with Crippen LogP contribution in [0.5, 0.6) is 0 Å². The first kappa shape index (κ1) is 21.3. The number of rotatable bonds is 3. The van der Waals surface area contributed by atoms with Gasteiger partial charge in [0, 0.05) is 5.69 Å². The zero-order chi connectivity index (χ0) is 18.1. The number of fused-ring (bicyclic) bond motifs is 2. The summed E-state index contributed by atoms with van der Waals surface area (Å²) in [4.78, 5) is 2.21. The molecule has 5 rings (SSSR count). The van der Waals surface area contributed by atoms with E-state index in [2.05, 4.69) is 114 Å². The number of hydrogen-bond acceptors (Lipinski definition) is 1. The summed E-state index contributed by atoms with van der Waals surface area (Å²) in [6.45, 7) is 0. The van der Waals surface area contributed by atoms with Gasteiger partial charge in [-0.25, -0.2) is 0 Å². The van der Waals surface area contributed by atoms with Gasteiger partial charge >= 0.3 is 37.7 Å². The van der Waals surface area contributed by atoms with Gasteiger partial charge in [0.05, 0.1) is 0 Å². The second kappa shape index (κ2) is 9.41. The maximum atomic E-state index is 3.58. The van der Waals surface area contributed by atoms with Crippen LogP contribution >= 0.6 is 0 Å². The molecule has 5 aromatic carbocycles. The van der Waals surface area contributed by atoms with Crippen LogP contribution in [0, 0.1) is 12.1 Å². The average molecular weight is 357 g/mol. The molecule has 0 aliphatic carbocycles. The molecule has 0 N–H and O–H groups in total. The molecule has 29 heavy (non-hydrogen) atoms. The van der Waals surface area contributed by atoms with E-state index in [0.717, 1.165) is 27.8 Å². The molecular formula is C26H17Li2N. The van der Waals surface area contributed by atoms with E-state index in [0.29, 0.717) is 0 Å². The topological polar surface area (TPSA) is 3.24 Å². The average Bonchev–Trinajstić information content (AvgIpc) is 2.74. The maximum Gasteiger partial charge on any atom is 1.00 e. The van der Waals surface area contributed by atoms with Crippen molar-refractivity contribution in [1.29, 1.82) is 0 Å². The summed E-state index contributed by atoms with van der Waals surface area (Å²) in [5.41, 5.74) is 3.11. The van der Waals surface area contributed by atoms with Gasteiger partial charge < -0.3 is 4.90 Å². The Bertz CT molecular complexity index is 1160. The summed E-state index contributed by atoms with van der Waals surface area (Å²) in [5.74, 6) is 0. The van der Waals surface area contributed by atoms with Gasteiger partial charge in [-0.1, -0.05) is 42.5 Å². The molecule has 5 aromatic rings. The fourth-order valence-corrected chi connectivity index (χ4v) is 3.45. The summed E-state index contributed by atoms with van der Waals surface area (Å²) in [6, 6.07) is 42.8. The first-order valence-electron chi connectivity index (χ1n) is 9.06. The third-order valence-corrected chi connectivity index (χ3v) is 4.78. The second-order valence-electron chi connectivity index (χ2n) is 6.53. The van der Waals surface area contributed by atoms with E-state index >= 15 is 0 Å². The number of benzene rings is 5. The monoisotopic (exact) mass is 357 g/mol. The normalized spacial score (nSPS) is 10.2. The van der Waals surface area contributed by atoms with Gasteiger partial charge in [0.2, 0.25) is 0 Å². The molecule has 128 valence electrons. The molecule has 0 saturated carbocycles. The molecule has 0 radical (unpaired) electrons. The number of hydrogen-bond donors (Lipinski definition) is 0. The second-order valence-corrected chi connectivity index (χ2v) is 6.53. The van der Waals surface area contributed by atoms with Crippen molar-refractivity contribution in [1.82, 2.24) is 0 Å². The molecular weight excluding hydrogens is 340 g/mol. The first-order chi connectivity index (χ1) is 13.4. The third kappa shape index (κ3) is 4.30. The Labute approximate surface area is 195 Å². The summed E-state index contributed by atoms with van der Waals surface area (Å²) in [5, 5.41) is 4.60. The van der Waals surface area contributed by atoms with Crippen LogP contribution in [0.15, 0.2) is 103 Å². The minimum atomic E-state index is 0. The molecule has 0 bridgehead atoms. The van der Waals surface area contributed by atoms with E-state index in [9.17, 15) is 0 Å². The van der Waals surface area contributed by atoms with E-state index in [1.807, 2.05) is 6.07 Å². The Morgan fingerprint density at radius 3 is 1.41 bits per heavy atom. The predicted octanol–water partition coefficient (Wildman–Crippen LogP) is 1.07. The Hall–Kier alpha value is -2.39. The van der Waals surface area contributed by atoms with Crippen molar-refractivity contribution >= 4 is 38.6 Å². The van der Waals surface area contributed by atoms with Crippen LogP contribution in [0.3, 0.4) is 0 Å². The van der Waals surface area contributed by atoms with Crippen molar-refractivity contribution in [2.24, 2.45) is 0 Å². The van der Waals surface area contributed by atoms with Crippen molar-refractivity contribution in [3.63, 3.8) is 0 Å². The summed E-state index contributed by atoms with van der Waals surface area (Å²) in [6.07, 6.45) is 0. The molecule has 0 heterocycles. The van der Waals surface area contributed by atoms with E-state index in [1.54, 1.807) is 0 Å². The zero-order valence-corrected chi connectivity index (χ0v) is 16.8. The quantitative estimate of drug-likeness (QED) is 0.345. The van der Waals surface area contributed by atoms with Crippen LogP contribution in [-0.2, 0) is 0 Å². The van der Waals surface area contributed by atoms with Gasteiger partial charge in [-0.2, -0.15) is 0 Å². The van der Waals surface area contributed by atoms with Gasteiger partial charge in [0.15, 0.2) is 0 Å². The first-order valence-corrected chi connectivity index (χ1v) is 9.06. The molecule has 0 atom stereocenters. The Kier molecular flexibility index (Phi) is 6.92. The van der Waals surface area contributed by atoms with Crippen LogP contribution in [0.25, 0.3) is 21.5 Å². The van der Waals surface area contributed by atoms with Crippen molar-refractivity contribution in [2.45, 2.75) is 0 Å². The van der Waals surface area contributed by atoms with Gasteiger partial charge in [0.1, 0.15) is 0 Å². The largest absolute Gasteiger partial charge is 1.00 e. The van der Waals surface area contributed by atoms with E-state index in [1.165, 1.54) is 10.8 Å². The summed E-state index contributed by atoms with van der Waals surface area (Å²) < 4.78 is 0. The molecule has 1 nitrogen and oxygen atoms in total. The minimum Gasteiger partial charge on any atom is -0.346 e. The van der Waals surface area contributed by atoms with Gasteiger partial charge in [0.25, 0.3) is 0 Å². The van der Waals surface area contributed by atoms with Crippen molar-refractivity contribution in [2.75, 3.05) is 4.90 Å². The van der Waals surface area contributed by atoms with Gasteiger partial charge in [-0.05, 0) is 23.5 Å². The minimum absolute atomic E-state index is 0. The Morgan fingerprint density at radius 1 is 0.448 bits per heavy atom. The zero-order valence-electron chi connectivity index (χ0n) is 16.8. The molecule has 0 aliphatic heterocycles. The van der Waals surface area contributed by atoms with E-state index in [-0.39, 0.29) is 37.7 Å². The standard InChI is InChI=1S/C26H17N.2Li/c1-2-12-24(13-3-1)27(25-16-14-20-8-4-6-10-22(20)18-25)26-17-15-21-9-5-7-11-23(21)19-26;;/h1-17H;;/q-2;2*+1. The predicted molar refractivity (Wildman–Crippen MR) is 114 cm³/mol. The molecule has 0 saturated heterocycles. The van der Waals surface area contributed by atoms with Crippen LogP contribution in [-0.4, -0.2) is 0 Å². The summed E-state index contributed by atoms with van der Waals surface area (Å²) >= 11 is 0. The van der Waals surface area contributed by atoms with Gasteiger partial charge in [-0.3, -0.25) is 0 Å². The van der Waals surface area contributed by atoms with E-state index < -0.39 is 0 Å². The van der Waals surface area contributed by atoms with Crippen LogP contribution < -0.4 is 42.6 Å². The molecule has 0 aliphatic rings. The fraction of sp³-hybridized carbons (Fsp3) is 0. The smallest absolute Gasteiger partial charge is 0.346 e.